The van der Waals surface area contributed by atoms with Crippen molar-refractivity contribution in [3.05, 3.63) is 36.0 Å². The molecule has 2 aliphatic carbocycles. The lowest BCUT2D eigenvalue weighted by molar-refractivity contribution is -0.131. The molecule has 2 nitrogen and oxygen atoms in total. The summed E-state index contributed by atoms with van der Waals surface area (Å²) in [5.41, 5.74) is 1.34. The number of hydrogen-bond donors (Lipinski definition) is 0. The Bertz CT molecular complexity index is 415. The van der Waals surface area contributed by atoms with Gasteiger partial charge in [-0.05, 0) is 43.1 Å². The first kappa shape index (κ1) is 15.1. The molecule has 0 bridgehead atoms. The van der Waals surface area contributed by atoms with E-state index in [1.165, 1.54) is 18.4 Å². The second kappa shape index (κ2) is 7.47. The van der Waals surface area contributed by atoms with Crippen LogP contribution in [0.2, 0.25) is 0 Å². The van der Waals surface area contributed by atoms with Crippen LogP contribution in [0.25, 0.3) is 0 Å². The van der Waals surface area contributed by atoms with Gasteiger partial charge in [0.1, 0.15) is 0 Å². The fourth-order valence-corrected chi connectivity index (χ4v) is 2.62. The fraction of sp³-hybridized carbons (Fsp3) is 0.611. The van der Waals surface area contributed by atoms with E-state index in [0.717, 1.165) is 31.8 Å². The van der Waals surface area contributed by atoms with Crippen molar-refractivity contribution in [3.63, 3.8) is 0 Å². The minimum Gasteiger partial charge on any atom is -0.342 e. The Balaban J connectivity index is 1.96. The number of amides is 1. The topological polar surface area (TPSA) is 20.3 Å². The number of allylic oxidation sites excluding steroid dienone is 5. The molecule has 1 unspecified atom stereocenters. The van der Waals surface area contributed by atoms with E-state index in [0.29, 0.717) is 18.2 Å². The molecule has 0 aromatic carbocycles. The lowest BCUT2D eigenvalue weighted by Gasteiger charge is -2.26. The van der Waals surface area contributed by atoms with Gasteiger partial charge in [0, 0.05) is 19.5 Å². The van der Waals surface area contributed by atoms with E-state index in [2.05, 4.69) is 49.1 Å². The predicted octanol–water partition coefficient (Wildman–Crippen LogP) is 4.10. The van der Waals surface area contributed by atoms with E-state index in [9.17, 15) is 4.79 Å². The van der Waals surface area contributed by atoms with E-state index >= 15 is 0 Å². The summed E-state index contributed by atoms with van der Waals surface area (Å²) in [6, 6.07) is 0. The molecule has 0 heterocycles. The summed E-state index contributed by atoms with van der Waals surface area (Å²) < 4.78 is 0. The van der Waals surface area contributed by atoms with Gasteiger partial charge in [0.25, 0.3) is 0 Å². The standard InChI is InChI=1S/C18H27NO/c1-3-8-18(20)19(14-16-11-12-16)13-15(2)17-9-6-4-5-7-10-17/h4,6-7,9-10,15-16H,3,5,8,11-14H2,1-2H3. The van der Waals surface area contributed by atoms with E-state index in [4.69, 9.17) is 0 Å². The maximum Gasteiger partial charge on any atom is 0.222 e. The van der Waals surface area contributed by atoms with Crippen LogP contribution in [0.15, 0.2) is 36.0 Å². The predicted molar refractivity (Wildman–Crippen MR) is 84.4 cm³/mol. The smallest absolute Gasteiger partial charge is 0.222 e. The van der Waals surface area contributed by atoms with Crippen molar-refractivity contribution in [1.82, 2.24) is 4.90 Å². The third kappa shape index (κ3) is 4.66. The van der Waals surface area contributed by atoms with Crippen molar-refractivity contribution in [2.24, 2.45) is 11.8 Å². The van der Waals surface area contributed by atoms with Crippen LogP contribution in [0.1, 0.15) is 46.0 Å². The third-order valence-electron chi connectivity index (χ3n) is 4.06. The summed E-state index contributed by atoms with van der Waals surface area (Å²) >= 11 is 0. The van der Waals surface area contributed by atoms with Crippen molar-refractivity contribution < 1.29 is 4.79 Å². The van der Waals surface area contributed by atoms with Crippen molar-refractivity contribution in [1.29, 1.82) is 0 Å². The molecule has 1 amide bonds. The van der Waals surface area contributed by atoms with Crippen molar-refractivity contribution in [2.75, 3.05) is 13.1 Å². The third-order valence-corrected chi connectivity index (χ3v) is 4.06. The monoisotopic (exact) mass is 273 g/mol. The van der Waals surface area contributed by atoms with Gasteiger partial charge in [-0.15, -0.1) is 0 Å². The van der Waals surface area contributed by atoms with Gasteiger partial charge in [0.2, 0.25) is 5.91 Å². The van der Waals surface area contributed by atoms with Crippen LogP contribution < -0.4 is 0 Å². The van der Waals surface area contributed by atoms with Gasteiger partial charge in [0.15, 0.2) is 0 Å². The molecule has 1 saturated carbocycles. The maximum absolute atomic E-state index is 12.3. The lowest BCUT2D eigenvalue weighted by Crippen LogP contribution is -2.36. The molecule has 2 aliphatic rings. The first-order valence-electron chi connectivity index (χ1n) is 8.01. The number of carbonyl (C=O) groups excluding carboxylic acids is 1. The molecule has 2 rings (SSSR count). The van der Waals surface area contributed by atoms with Crippen LogP contribution in [0, 0.1) is 11.8 Å². The highest BCUT2D eigenvalue weighted by Crippen LogP contribution is 2.30. The number of rotatable bonds is 7. The Morgan fingerprint density at radius 2 is 2.20 bits per heavy atom. The fourth-order valence-electron chi connectivity index (χ4n) is 2.62. The number of nitrogens with zero attached hydrogens (tertiary/aromatic N) is 1. The Morgan fingerprint density at radius 1 is 1.40 bits per heavy atom. The van der Waals surface area contributed by atoms with E-state index in [1.54, 1.807) is 0 Å². The molecule has 0 N–H and O–H groups in total. The van der Waals surface area contributed by atoms with Gasteiger partial charge in [-0.3, -0.25) is 4.79 Å². The van der Waals surface area contributed by atoms with Crippen LogP contribution in [-0.4, -0.2) is 23.9 Å². The maximum atomic E-state index is 12.3. The SMILES string of the molecule is CCCC(=O)N(CC1CC1)CC(C)C1=CC=CCC=C1. The molecule has 0 aromatic rings. The first-order valence-corrected chi connectivity index (χ1v) is 8.01. The zero-order chi connectivity index (χ0) is 14.4. The van der Waals surface area contributed by atoms with E-state index < -0.39 is 0 Å². The Hall–Kier alpha value is -1.31. The van der Waals surface area contributed by atoms with Gasteiger partial charge in [-0.25, -0.2) is 0 Å². The summed E-state index contributed by atoms with van der Waals surface area (Å²) in [7, 11) is 0. The second-order valence-corrected chi connectivity index (χ2v) is 6.13. The minimum absolute atomic E-state index is 0.333. The highest BCUT2D eigenvalue weighted by Gasteiger charge is 2.27. The van der Waals surface area contributed by atoms with Crippen LogP contribution in [0.5, 0.6) is 0 Å². The minimum atomic E-state index is 0.333. The molecule has 1 atom stereocenters. The molecular formula is C18H27NO. The summed E-state index contributed by atoms with van der Waals surface area (Å²) in [4.78, 5) is 14.4. The molecule has 20 heavy (non-hydrogen) atoms. The van der Waals surface area contributed by atoms with Crippen molar-refractivity contribution in [3.8, 4) is 0 Å². The average molecular weight is 273 g/mol. The molecule has 0 radical (unpaired) electrons. The van der Waals surface area contributed by atoms with E-state index in [1.807, 2.05) is 0 Å². The van der Waals surface area contributed by atoms with Gasteiger partial charge in [-0.1, -0.05) is 44.2 Å². The zero-order valence-electron chi connectivity index (χ0n) is 12.8. The molecule has 0 spiro atoms. The Labute approximate surface area is 123 Å². The summed E-state index contributed by atoms with van der Waals surface area (Å²) in [5.74, 6) is 1.51. The van der Waals surface area contributed by atoms with Gasteiger partial charge in [-0.2, -0.15) is 0 Å². The number of hydrogen-bond acceptors (Lipinski definition) is 1. The van der Waals surface area contributed by atoms with Gasteiger partial charge >= 0.3 is 0 Å². The number of carbonyl (C=O) groups is 1. The van der Waals surface area contributed by atoms with Crippen LogP contribution in [-0.2, 0) is 4.79 Å². The summed E-state index contributed by atoms with van der Waals surface area (Å²) in [6.45, 7) is 6.14. The van der Waals surface area contributed by atoms with Crippen LogP contribution >= 0.6 is 0 Å². The Kier molecular flexibility index (Phi) is 5.63. The van der Waals surface area contributed by atoms with Gasteiger partial charge < -0.3 is 4.90 Å². The quantitative estimate of drug-likeness (QED) is 0.683. The molecule has 1 fully saturated rings. The molecule has 0 aliphatic heterocycles. The zero-order valence-corrected chi connectivity index (χ0v) is 12.8. The molecule has 2 heteroatoms. The highest BCUT2D eigenvalue weighted by molar-refractivity contribution is 5.76. The average Bonchev–Trinajstić information content (AvgIpc) is 3.24. The molecule has 0 saturated heterocycles. The largest absolute Gasteiger partial charge is 0.342 e. The Morgan fingerprint density at radius 3 is 2.90 bits per heavy atom. The van der Waals surface area contributed by atoms with E-state index in [-0.39, 0.29) is 0 Å². The van der Waals surface area contributed by atoms with Crippen LogP contribution in [0.4, 0.5) is 0 Å². The second-order valence-electron chi connectivity index (χ2n) is 6.13. The molecule has 110 valence electrons. The first-order chi connectivity index (χ1) is 9.70. The summed E-state index contributed by atoms with van der Waals surface area (Å²) in [6.07, 6.45) is 16.1. The molecular weight excluding hydrogens is 246 g/mol. The van der Waals surface area contributed by atoms with Crippen molar-refractivity contribution in [2.45, 2.75) is 46.0 Å². The van der Waals surface area contributed by atoms with Crippen molar-refractivity contribution >= 4 is 5.91 Å². The lowest BCUT2D eigenvalue weighted by atomic mass is 9.99. The van der Waals surface area contributed by atoms with Gasteiger partial charge in [0.05, 0.1) is 0 Å². The molecule has 0 aromatic heterocycles. The summed E-state index contributed by atoms with van der Waals surface area (Å²) in [5, 5.41) is 0. The van der Waals surface area contributed by atoms with Crippen LogP contribution in [0.3, 0.4) is 0 Å². The normalized spacial score (nSPS) is 19.4. The highest BCUT2D eigenvalue weighted by atomic mass is 16.2.